The third kappa shape index (κ3) is 5.65. The Morgan fingerprint density at radius 2 is 1.84 bits per heavy atom. The monoisotopic (exact) mass is 557 g/mol. The Bertz CT molecular complexity index is 1320. The molecule has 1 saturated carbocycles. The molecule has 1 aliphatic carbocycles. The van der Waals surface area contributed by atoms with Gasteiger partial charge in [0.2, 0.25) is 5.88 Å². The minimum atomic E-state index is -5.71. The molecular formula is C21H16ClF8N5O2. The fourth-order valence-corrected chi connectivity index (χ4v) is 3.56. The van der Waals surface area contributed by atoms with E-state index < -0.39 is 48.1 Å². The molecule has 2 aromatic heterocycles. The van der Waals surface area contributed by atoms with Crippen LogP contribution in [0.2, 0.25) is 5.02 Å². The fourth-order valence-electron chi connectivity index (χ4n) is 3.36. The third-order valence-electron chi connectivity index (χ3n) is 5.29. The number of alkyl halides is 8. The highest BCUT2D eigenvalue weighted by Crippen LogP contribution is 2.41. The van der Waals surface area contributed by atoms with Crippen molar-refractivity contribution < 1.29 is 44.7 Å². The van der Waals surface area contributed by atoms with Crippen molar-refractivity contribution in [1.29, 1.82) is 0 Å². The van der Waals surface area contributed by atoms with Gasteiger partial charge in [0.25, 0.3) is 18.4 Å². The molecule has 0 radical (unpaired) electrons. The van der Waals surface area contributed by atoms with Crippen LogP contribution in [0.25, 0.3) is 16.9 Å². The van der Waals surface area contributed by atoms with Crippen LogP contribution < -0.4 is 10.1 Å². The summed E-state index contributed by atoms with van der Waals surface area (Å²) in [6.07, 6.45) is -15.1. The number of nitrogens with one attached hydrogen (secondary N) is 1. The Labute approximate surface area is 207 Å². The number of rotatable bonds is 7. The van der Waals surface area contributed by atoms with Crippen LogP contribution in [0.15, 0.2) is 30.6 Å². The molecule has 1 unspecified atom stereocenters. The maximum atomic E-state index is 13.8. The molecule has 1 aromatic carbocycles. The second kappa shape index (κ2) is 9.50. The molecule has 0 saturated heterocycles. The summed E-state index contributed by atoms with van der Waals surface area (Å²) >= 11 is 6.11. The molecule has 4 rings (SSSR count). The molecule has 1 aliphatic rings. The second-order valence-corrected chi connectivity index (χ2v) is 8.56. The van der Waals surface area contributed by atoms with Gasteiger partial charge in [-0.15, -0.1) is 5.10 Å². The summed E-state index contributed by atoms with van der Waals surface area (Å²) in [6.45, 7) is 0. The normalized spacial score (nSPS) is 15.9. The van der Waals surface area contributed by atoms with Crippen molar-refractivity contribution in [3.63, 3.8) is 0 Å². The SMILES string of the molecule is Cn1nc(O[C@@H](F)C(F)C(F)(F)F)c(C(F)(F)F)c1-n1cc(-c2ccc(Cl)c(C(=O)NC3CC3)c2)cn1. The molecule has 37 heavy (non-hydrogen) atoms. The highest BCUT2D eigenvalue weighted by atomic mass is 35.5. The van der Waals surface area contributed by atoms with Crippen LogP contribution in [0.4, 0.5) is 35.1 Å². The fraction of sp³-hybridized carbons (Fsp3) is 0.381. The number of aromatic nitrogens is 4. The van der Waals surface area contributed by atoms with Crippen molar-refractivity contribution in [2.45, 2.75) is 43.8 Å². The number of carbonyl (C=O) groups is 1. The van der Waals surface area contributed by atoms with E-state index in [1.165, 1.54) is 18.2 Å². The summed E-state index contributed by atoms with van der Waals surface area (Å²) in [5.41, 5.74) is -1.05. The smallest absolute Gasteiger partial charge is 0.426 e. The number of hydrogen-bond acceptors (Lipinski definition) is 4. The largest absolute Gasteiger partial charge is 0.438 e. The summed E-state index contributed by atoms with van der Waals surface area (Å²) in [5, 5.41) is 10.0. The first-order chi connectivity index (χ1) is 17.2. The number of nitrogens with zero attached hydrogens (tertiary/aromatic N) is 4. The summed E-state index contributed by atoms with van der Waals surface area (Å²) in [5.74, 6) is -2.88. The summed E-state index contributed by atoms with van der Waals surface area (Å²) in [4.78, 5) is 12.4. The van der Waals surface area contributed by atoms with E-state index in [0.29, 0.717) is 14.9 Å². The number of aryl methyl sites for hydroxylation is 1. The molecule has 200 valence electrons. The first kappa shape index (κ1) is 26.7. The average Bonchev–Trinajstić information content (AvgIpc) is 3.35. The van der Waals surface area contributed by atoms with Crippen LogP contribution in [0.3, 0.4) is 0 Å². The maximum absolute atomic E-state index is 13.8. The molecule has 3 aromatic rings. The Balaban J connectivity index is 1.69. The van der Waals surface area contributed by atoms with Crippen molar-refractivity contribution in [2.75, 3.05) is 0 Å². The first-order valence-corrected chi connectivity index (χ1v) is 10.9. The van der Waals surface area contributed by atoms with E-state index in [0.717, 1.165) is 32.3 Å². The number of ether oxygens (including phenoxy) is 1. The lowest BCUT2D eigenvalue weighted by Crippen LogP contribution is -2.37. The minimum Gasteiger partial charge on any atom is -0.438 e. The Morgan fingerprint density at radius 3 is 2.43 bits per heavy atom. The van der Waals surface area contributed by atoms with Gasteiger partial charge in [-0.3, -0.25) is 4.79 Å². The molecule has 2 heterocycles. The van der Waals surface area contributed by atoms with Crippen LogP contribution in [-0.4, -0.2) is 50.2 Å². The zero-order valence-electron chi connectivity index (χ0n) is 18.5. The summed E-state index contributed by atoms with van der Waals surface area (Å²) in [7, 11) is 0.978. The van der Waals surface area contributed by atoms with E-state index in [2.05, 4.69) is 20.3 Å². The Kier molecular flexibility index (Phi) is 6.86. The highest BCUT2D eigenvalue weighted by Gasteiger charge is 2.49. The molecule has 1 fully saturated rings. The molecule has 7 nitrogen and oxygen atoms in total. The van der Waals surface area contributed by atoms with Gasteiger partial charge in [-0.05, 0) is 30.5 Å². The van der Waals surface area contributed by atoms with E-state index >= 15 is 0 Å². The van der Waals surface area contributed by atoms with Gasteiger partial charge >= 0.3 is 12.4 Å². The highest BCUT2D eigenvalue weighted by molar-refractivity contribution is 6.34. The number of amides is 1. The lowest BCUT2D eigenvalue weighted by atomic mass is 10.1. The molecule has 0 bridgehead atoms. The summed E-state index contributed by atoms with van der Waals surface area (Å²) < 4.78 is 111. The predicted molar refractivity (Wildman–Crippen MR) is 113 cm³/mol. The van der Waals surface area contributed by atoms with E-state index in [1.807, 2.05) is 0 Å². The molecule has 1 N–H and O–H groups in total. The van der Waals surface area contributed by atoms with Crippen LogP contribution in [0.1, 0.15) is 28.8 Å². The second-order valence-electron chi connectivity index (χ2n) is 8.15. The number of carbonyl (C=O) groups excluding carboxylic acids is 1. The van der Waals surface area contributed by atoms with Crippen LogP contribution in [0.5, 0.6) is 5.88 Å². The molecule has 16 heteroatoms. The van der Waals surface area contributed by atoms with Gasteiger partial charge in [-0.1, -0.05) is 17.7 Å². The average molecular weight is 558 g/mol. The van der Waals surface area contributed by atoms with Gasteiger partial charge in [0.1, 0.15) is 0 Å². The van der Waals surface area contributed by atoms with Gasteiger partial charge in [0.05, 0.1) is 16.8 Å². The van der Waals surface area contributed by atoms with Crippen molar-refractivity contribution in [1.82, 2.24) is 24.9 Å². The molecule has 2 atom stereocenters. The van der Waals surface area contributed by atoms with Gasteiger partial charge < -0.3 is 10.1 Å². The standard InChI is InChI=1S/C21H16ClF8N5O2/c1-34-19(14(20(25,26)27)18(33-34)37-16(24)15(23)21(28,29)30)35-8-10(7-31-35)9-2-5-13(22)12(6-9)17(36)32-11-3-4-11/h2,5-8,11,15-16H,3-4H2,1H3,(H,32,36)/t15?,16-/m1/s1. The van der Waals surface area contributed by atoms with Gasteiger partial charge in [-0.25, -0.2) is 13.8 Å². The van der Waals surface area contributed by atoms with E-state index in [-0.39, 0.29) is 22.2 Å². The topological polar surface area (TPSA) is 74.0 Å². The van der Waals surface area contributed by atoms with Crippen LogP contribution in [0, 0.1) is 0 Å². The van der Waals surface area contributed by atoms with E-state index in [9.17, 15) is 39.9 Å². The predicted octanol–water partition coefficient (Wildman–Crippen LogP) is 5.41. The molecule has 0 spiro atoms. The molecule has 0 aliphatic heterocycles. The lowest BCUT2D eigenvalue weighted by Gasteiger charge is -2.17. The van der Waals surface area contributed by atoms with Crippen molar-refractivity contribution in [3.8, 4) is 22.8 Å². The zero-order valence-corrected chi connectivity index (χ0v) is 19.3. The molecular weight excluding hydrogens is 542 g/mol. The molecule has 1 amide bonds. The number of hydrogen-bond donors (Lipinski definition) is 1. The zero-order chi connectivity index (χ0) is 27.3. The Morgan fingerprint density at radius 1 is 1.16 bits per heavy atom. The van der Waals surface area contributed by atoms with Gasteiger partial charge in [-0.2, -0.15) is 35.8 Å². The summed E-state index contributed by atoms with van der Waals surface area (Å²) in [6, 6.07) is 4.37. The quantitative estimate of drug-likeness (QED) is 0.394. The van der Waals surface area contributed by atoms with Crippen molar-refractivity contribution >= 4 is 17.5 Å². The minimum absolute atomic E-state index is 0.0461. The third-order valence-corrected chi connectivity index (χ3v) is 5.62. The van der Waals surface area contributed by atoms with E-state index in [1.54, 1.807) is 0 Å². The van der Waals surface area contributed by atoms with Crippen molar-refractivity contribution in [2.24, 2.45) is 7.05 Å². The lowest BCUT2D eigenvalue weighted by molar-refractivity contribution is -0.220. The first-order valence-electron chi connectivity index (χ1n) is 10.5. The van der Waals surface area contributed by atoms with E-state index in [4.69, 9.17) is 11.6 Å². The Hall–Kier alpha value is -3.36. The van der Waals surface area contributed by atoms with Gasteiger partial charge in [0.15, 0.2) is 11.4 Å². The van der Waals surface area contributed by atoms with Crippen molar-refractivity contribution in [3.05, 3.63) is 46.7 Å². The maximum Gasteiger partial charge on any atom is 0.426 e. The van der Waals surface area contributed by atoms with Gasteiger partial charge in [0, 0.05) is 24.8 Å². The number of halogens is 9. The number of benzene rings is 1. The van der Waals surface area contributed by atoms with Crippen LogP contribution in [-0.2, 0) is 13.2 Å². The van der Waals surface area contributed by atoms with Crippen LogP contribution >= 0.6 is 11.6 Å².